The number of rotatable bonds is 4. The van der Waals surface area contributed by atoms with Crippen LogP contribution in [0.2, 0.25) is 0 Å². The first-order chi connectivity index (χ1) is 13.1. The van der Waals surface area contributed by atoms with Gasteiger partial charge in [0, 0.05) is 6.07 Å². The number of fused-ring (bicyclic) bond motifs is 1. The van der Waals surface area contributed by atoms with E-state index in [-0.39, 0.29) is 5.78 Å². The molecule has 1 heterocycles. The van der Waals surface area contributed by atoms with Crippen molar-refractivity contribution >= 4 is 11.9 Å². The summed E-state index contributed by atoms with van der Waals surface area (Å²) in [7, 11) is 0. The minimum atomic E-state index is -0.100. The predicted molar refractivity (Wildman–Crippen MR) is 106 cm³/mol. The summed E-state index contributed by atoms with van der Waals surface area (Å²) in [5.41, 5.74) is 4.96. The summed E-state index contributed by atoms with van der Waals surface area (Å²) in [6, 6.07) is 21.5. The molecular formula is C24H20O3. The first kappa shape index (κ1) is 17.1. The van der Waals surface area contributed by atoms with Gasteiger partial charge in [-0.2, -0.15) is 0 Å². The van der Waals surface area contributed by atoms with Crippen molar-refractivity contribution in [2.75, 3.05) is 0 Å². The number of hydrogen-bond donors (Lipinski definition) is 0. The average molecular weight is 356 g/mol. The largest absolute Gasteiger partial charge is 0.489 e. The van der Waals surface area contributed by atoms with Crippen LogP contribution in [-0.2, 0) is 6.61 Å². The standard InChI is InChI=1S/C24H20O3/c1-16-6-8-18(9-7-16)15-26-20-10-11-21-22(14-20)27-23(24(21)25)13-19-5-3-4-17(2)12-19/h3-14H,15H2,1-2H3/b23-13-. The van der Waals surface area contributed by atoms with E-state index in [0.717, 1.165) is 16.7 Å². The molecule has 3 aromatic carbocycles. The molecule has 0 aliphatic carbocycles. The summed E-state index contributed by atoms with van der Waals surface area (Å²) < 4.78 is 11.7. The van der Waals surface area contributed by atoms with E-state index in [1.165, 1.54) is 5.56 Å². The quantitative estimate of drug-likeness (QED) is 0.579. The zero-order valence-corrected chi connectivity index (χ0v) is 15.4. The minimum absolute atomic E-state index is 0.100. The number of carbonyl (C=O) groups is 1. The van der Waals surface area contributed by atoms with Crippen LogP contribution in [0.1, 0.15) is 32.6 Å². The first-order valence-electron chi connectivity index (χ1n) is 8.92. The van der Waals surface area contributed by atoms with Gasteiger partial charge >= 0.3 is 0 Å². The Kier molecular flexibility index (Phi) is 4.51. The van der Waals surface area contributed by atoms with Crippen molar-refractivity contribution in [2.45, 2.75) is 20.5 Å². The summed E-state index contributed by atoms with van der Waals surface area (Å²) in [5, 5.41) is 0. The van der Waals surface area contributed by atoms with Crippen molar-refractivity contribution in [1.29, 1.82) is 0 Å². The molecule has 3 nitrogen and oxygen atoms in total. The molecule has 1 aliphatic heterocycles. The van der Waals surface area contributed by atoms with E-state index in [4.69, 9.17) is 9.47 Å². The molecule has 1 aliphatic rings. The van der Waals surface area contributed by atoms with Gasteiger partial charge in [-0.05, 0) is 43.2 Å². The fraction of sp³-hybridized carbons (Fsp3) is 0.125. The Morgan fingerprint density at radius 1 is 0.926 bits per heavy atom. The molecule has 0 atom stereocenters. The number of ketones is 1. The van der Waals surface area contributed by atoms with Crippen LogP contribution in [-0.4, -0.2) is 5.78 Å². The minimum Gasteiger partial charge on any atom is -0.489 e. The van der Waals surface area contributed by atoms with Gasteiger partial charge in [0.25, 0.3) is 0 Å². The lowest BCUT2D eigenvalue weighted by Crippen LogP contribution is -1.98. The van der Waals surface area contributed by atoms with Crippen molar-refractivity contribution in [3.8, 4) is 11.5 Å². The van der Waals surface area contributed by atoms with Gasteiger partial charge in [-0.25, -0.2) is 0 Å². The molecule has 134 valence electrons. The number of aryl methyl sites for hydroxylation is 2. The number of allylic oxidation sites excluding steroid dienone is 1. The molecule has 3 heteroatoms. The lowest BCUT2D eigenvalue weighted by molar-refractivity contribution is 0.101. The van der Waals surface area contributed by atoms with E-state index >= 15 is 0 Å². The number of carbonyl (C=O) groups excluding carboxylic acids is 1. The average Bonchev–Trinajstić information content (AvgIpc) is 2.96. The molecule has 0 amide bonds. The Balaban J connectivity index is 1.51. The highest BCUT2D eigenvalue weighted by Gasteiger charge is 2.27. The van der Waals surface area contributed by atoms with E-state index in [1.807, 2.05) is 49.4 Å². The lowest BCUT2D eigenvalue weighted by Gasteiger charge is -2.07. The van der Waals surface area contributed by atoms with Gasteiger partial charge in [0.1, 0.15) is 18.1 Å². The van der Waals surface area contributed by atoms with Crippen LogP contribution >= 0.6 is 0 Å². The van der Waals surface area contributed by atoms with Crippen LogP contribution < -0.4 is 9.47 Å². The molecule has 4 rings (SSSR count). The second-order valence-electron chi connectivity index (χ2n) is 6.79. The summed E-state index contributed by atoms with van der Waals surface area (Å²) in [5.74, 6) is 1.46. The van der Waals surface area contributed by atoms with Crippen LogP contribution in [0.3, 0.4) is 0 Å². The van der Waals surface area contributed by atoms with E-state index in [2.05, 4.69) is 19.1 Å². The fourth-order valence-electron chi connectivity index (χ4n) is 3.02. The summed E-state index contributed by atoms with van der Waals surface area (Å²) in [6.45, 7) is 4.55. The Morgan fingerprint density at radius 3 is 2.52 bits per heavy atom. The molecule has 0 bridgehead atoms. The van der Waals surface area contributed by atoms with Crippen LogP contribution in [0.25, 0.3) is 6.08 Å². The van der Waals surface area contributed by atoms with Gasteiger partial charge in [0.15, 0.2) is 5.76 Å². The summed E-state index contributed by atoms with van der Waals surface area (Å²) in [6.07, 6.45) is 1.78. The highest BCUT2D eigenvalue weighted by molar-refractivity contribution is 6.14. The lowest BCUT2D eigenvalue weighted by atomic mass is 10.1. The third kappa shape index (κ3) is 3.77. The fourth-order valence-corrected chi connectivity index (χ4v) is 3.02. The normalized spacial score (nSPS) is 14.1. The van der Waals surface area contributed by atoms with Crippen molar-refractivity contribution in [1.82, 2.24) is 0 Å². The third-order valence-corrected chi connectivity index (χ3v) is 4.51. The van der Waals surface area contributed by atoms with Crippen LogP contribution in [0.15, 0.2) is 72.5 Å². The maximum Gasteiger partial charge on any atom is 0.231 e. The van der Waals surface area contributed by atoms with E-state index in [1.54, 1.807) is 18.2 Å². The molecule has 0 saturated heterocycles. The zero-order chi connectivity index (χ0) is 18.8. The highest BCUT2D eigenvalue weighted by atomic mass is 16.5. The summed E-state index contributed by atoms with van der Waals surface area (Å²) >= 11 is 0. The van der Waals surface area contributed by atoms with Gasteiger partial charge in [0.2, 0.25) is 5.78 Å². The molecule has 0 N–H and O–H groups in total. The van der Waals surface area contributed by atoms with Crippen LogP contribution in [0, 0.1) is 13.8 Å². The molecular weight excluding hydrogens is 336 g/mol. The molecule has 0 spiro atoms. The molecule has 27 heavy (non-hydrogen) atoms. The van der Waals surface area contributed by atoms with Crippen molar-refractivity contribution in [3.05, 3.63) is 100 Å². The topological polar surface area (TPSA) is 35.5 Å². The Bertz CT molecular complexity index is 1030. The van der Waals surface area contributed by atoms with Crippen molar-refractivity contribution in [2.24, 2.45) is 0 Å². The van der Waals surface area contributed by atoms with E-state index < -0.39 is 0 Å². The van der Waals surface area contributed by atoms with Crippen molar-refractivity contribution < 1.29 is 14.3 Å². The zero-order valence-electron chi connectivity index (χ0n) is 15.4. The predicted octanol–water partition coefficient (Wildman–Crippen LogP) is 5.50. The van der Waals surface area contributed by atoms with Gasteiger partial charge in [0.05, 0.1) is 5.56 Å². The summed E-state index contributed by atoms with van der Waals surface area (Å²) in [4.78, 5) is 12.6. The highest BCUT2D eigenvalue weighted by Crippen LogP contribution is 2.35. The maximum absolute atomic E-state index is 12.6. The van der Waals surface area contributed by atoms with Crippen molar-refractivity contribution in [3.63, 3.8) is 0 Å². The Morgan fingerprint density at radius 2 is 1.74 bits per heavy atom. The number of benzene rings is 3. The van der Waals surface area contributed by atoms with Gasteiger partial charge in [-0.3, -0.25) is 4.79 Å². The monoisotopic (exact) mass is 356 g/mol. The van der Waals surface area contributed by atoms with Gasteiger partial charge < -0.3 is 9.47 Å². The SMILES string of the molecule is Cc1ccc(COc2ccc3c(c2)O/C(=C\c2cccc(C)c2)C3=O)cc1. The molecule has 0 unspecified atom stereocenters. The smallest absolute Gasteiger partial charge is 0.231 e. The maximum atomic E-state index is 12.6. The molecule has 0 radical (unpaired) electrons. The first-order valence-corrected chi connectivity index (χ1v) is 8.92. The Labute approximate surface area is 158 Å². The van der Waals surface area contributed by atoms with Gasteiger partial charge in [-0.1, -0.05) is 59.7 Å². The second kappa shape index (κ2) is 7.12. The molecule has 0 saturated carbocycles. The Hall–Kier alpha value is -3.33. The number of hydrogen-bond acceptors (Lipinski definition) is 3. The van der Waals surface area contributed by atoms with Crippen LogP contribution in [0.4, 0.5) is 0 Å². The van der Waals surface area contributed by atoms with E-state index in [0.29, 0.717) is 29.4 Å². The third-order valence-electron chi connectivity index (χ3n) is 4.51. The molecule has 3 aromatic rings. The number of Topliss-reactive ketones (excluding diaryl/α,β-unsaturated/α-hetero) is 1. The van der Waals surface area contributed by atoms with Crippen LogP contribution in [0.5, 0.6) is 11.5 Å². The molecule has 0 aromatic heterocycles. The van der Waals surface area contributed by atoms with E-state index in [9.17, 15) is 4.79 Å². The second-order valence-corrected chi connectivity index (χ2v) is 6.79. The van der Waals surface area contributed by atoms with Gasteiger partial charge in [-0.15, -0.1) is 0 Å². The molecule has 0 fully saturated rings. The number of ether oxygens (including phenoxy) is 2.